The highest BCUT2D eigenvalue weighted by Gasteiger charge is 2.18. The van der Waals surface area contributed by atoms with Gasteiger partial charge in [-0.3, -0.25) is 4.79 Å². The normalized spacial score (nSPS) is 12.2. The molecule has 0 aliphatic heterocycles. The molecule has 1 N–H and O–H groups in total. The third-order valence-electron chi connectivity index (χ3n) is 3.16. The third kappa shape index (κ3) is 4.54. The number of rotatable bonds is 7. The molecule has 1 unspecified atom stereocenters. The van der Waals surface area contributed by atoms with Crippen molar-refractivity contribution in [2.24, 2.45) is 0 Å². The highest BCUT2D eigenvalue weighted by molar-refractivity contribution is 5.78. The first kappa shape index (κ1) is 16.5. The van der Waals surface area contributed by atoms with E-state index in [0.717, 1.165) is 12.1 Å². The summed E-state index contributed by atoms with van der Waals surface area (Å²) in [5.41, 5.74) is 0.552. The highest BCUT2D eigenvalue weighted by atomic mass is 19.2. The Bertz CT molecular complexity index is 455. The maximum atomic E-state index is 13.2. The van der Waals surface area contributed by atoms with E-state index in [4.69, 9.17) is 4.74 Å². The van der Waals surface area contributed by atoms with Gasteiger partial charge in [-0.05, 0) is 24.6 Å². The van der Waals surface area contributed by atoms with Gasteiger partial charge >= 0.3 is 0 Å². The molecular weight excluding hydrogens is 266 g/mol. The number of nitrogens with zero attached hydrogens (tertiary/aromatic N) is 1. The van der Waals surface area contributed by atoms with E-state index < -0.39 is 11.6 Å². The second-order valence-electron chi connectivity index (χ2n) is 4.52. The lowest BCUT2D eigenvalue weighted by molar-refractivity contribution is -0.130. The zero-order valence-electron chi connectivity index (χ0n) is 12.0. The number of likely N-dealkylation sites (N-methyl/N-ethyl adjacent to an activating group) is 1. The van der Waals surface area contributed by atoms with Crippen molar-refractivity contribution in [1.82, 2.24) is 10.2 Å². The summed E-state index contributed by atoms with van der Waals surface area (Å²) in [5.74, 6) is -1.93. The van der Waals surface area contributed by atoms with Gasteiger partial charge in [0, 0.05) is 20.7 Å². The van der Waals surface area contributed by atoms with Crippen LogP contribution in [0.3, 0.4) is 0 Å². The fraction of sp³-hybridized carbons (Fsp3) is 0.500. The lowest BCUT2D eigenvalue weighted by atomic mass is 10.1. The Labute approximate surface area is 117 Å². The standard InChI is InChI=1S/C14H20F2N2O2/c1-10(11-4-5-12(15)13(16)8-11)18(2)14(19)9-17-6-7-20-3/h4-5,8,10,17H,6-7,9H2,1-3H3. The summed E-state index contributed by atoms with van der Waals surface area (Å²) >= 11 is 0. The molecule has 112 valence electrons. The number of amides is 1. The minimum Gasteiger partial charge on any atom is -0.383 e. The van der Waals surface area contributed by atoms with Crippen LogP contribution in [0, 0.1) is 11.6 Å². The van der Waals surface area contributed by atoms with E-state index in [9.17, 15) is 13.6 Å². The summed E-state index contributed by atoms with van der Waals surface area (Å²) in [6, 6.07) is 3.32. The van der Waals surface area contributed by atoms with E-state index in [1.165, 1.54) is 11.0 Å². The van der Waals surface area contributed by atoms with Crippen LogP contribution in [0.4, 0.5) is 8.78 Å². The van der Waals surface area contributed by atoms with Crippen LogP contribution in [-0.2, 0) is 9.53 Å². The zero-order chi connectivity index (χ0) is 15.1. The van der Waals surface area contributed by atoms with E-state index in [2.05, 4.69) is 5.32 Å². The van der Waals surface area contributed by atoms with Gasteiger partial charge in [-0.2, -0.15) is 0 Å². The molecule has 0 fully saturated rings. The summed E-state index contributed by atoms with van der Waals surface area (Å²) in [7, 11) is 3.22. The Balaban J connectivity index is 2.58. The van der Waals surface area contributed by atoms with Gasteiger partial charge in [-0.15, -0.1) is 0 Å². The first-order valence-corrected chi connectivity index (χ1v) is 6.37. The zero-order valence-corrected chi connectivity index (χ0v) is 12.0. The van der Waals surface area contributed by atoms with E-state index in [0.29, 0.717) is 18.7 Å². The van der Waals surface area contributed by atoms with E-state index in [-0.39, 0.29) is 18.5 Å². The second-order valence-corrected chi connectivity index (χ2v) is 4.52. The van der Waals surface area contributed by atoms with Crippen LogP contribution in [0.5, 0.6) is 0 Å². The average Bonchev–Trinajstić information content (AvgIpc) is 2.44. The number of hydrogen-bond acceptors (Lipinski definition) is 3. The molecule has 1 amide bonds. The van der Waals surface area contributed by atoms with Crippen LogP contribution in [0.1, 0.15) is 18.5 Å². The lowest BCUT2D eigenvalue weighted by Crippen LogP contribution is -2.38. The maximum Gasteiger partial charge on any atom is 0.236 e. The van der Waals surface area contributed by atoms with Crippen molar-refractivity contribution in [3.05, 3.63) is 35.4 Å². The van der Waals surface area contributed by atoms with Gasteiger partial charge in [0.05, 0.1) is 19.2 Å². The van der Waals surface area contributed by atoms with Gasteiger partial charge in [0.15, 0.2) is 11.6 Å². The summed E-state index contributed by atoms with van der Waals surface area (Å²) in [5, 5.41) is 2.94. The monoisotopic (exact) mass is 286 g/mol. The first-order chi connectivity index (χ1) is 9.47. The van der Waals surface area contributed by atoms with Crippen molar-refractivity contribution < 1.29 is 18.3 Å². The number of halogens is 2. The molecule has 1 aromatic rings. The van der Waals surface area contributed by atoms with E-state index in [1.807, 2.05) is 0 Å². The van der Waals surface area contributed by atoms with Crippen molar-refractivity contribution in [1.29, 1.82) is 0 Å². The summed E-state index contributed by atoms with van der Waals surface area (Å²) < 4.78 is 30.9. The third-order valence-corrected chi connectivity index (χ3v) is 3.16. The molecule has 0 spiro atoms. The minimum atomic E-state index is -0.909. The molecule has 0 aromatic heterocycles. The van der Waals surface area contributed by atoms with Crippen LogP contribution >= 0.6 is 0 Å². The molecule has 0 radical (unpaired) electrons. The van der Waals surface area contributed by atoms with Gasteiger partial charge in [0.2, 0.25) is 5.91 Å². The number of methoxy groups -OCH3 is 1. The number of carbonyl (C=O) groups excluding carboxylic acids is 1. The smallest absolute Gasteiger partial charge is 0.236 e. The Morgan fingerprint density at radius 1 is 1.40 bits per heavy atom. The Hall–Kier alpha value is -1.53. The van der Waals surface area contributed by atoms with E-state index >= 15 is 0 Å². The molecule has 1 rings (SSSR count). The number of nitrogens with one attached hydrogen (secondary N) is 1. The van der Waals surface area contributed by atoms with Crippen LogP contribution in [0.2, 0.25) is 0 Å². The number of hydrogen-bond donors (Lipinski definition) is 1. The van der Waals surface area contributed by atoms with Gasteiger partial charge in [0.25, 0.3) is 0 Å². The molecular formula is C14H20F2N2O2. The fourth-order valence-corrected chi connectivity index (χ4v) is 1.71. The predicted molar refractivity (Wildman–Crippen MR) is 72.3 cm³/mol. The summed E-state index contributed by atoms with van der Waals surface area (Å²) in [6.07, 6.45) is 0. The van der Waals surface area contributed by atoms with Gasteiger partial charge < -0.3 is 15.0 Å². The summed E-state index contributed by atoms with van der Waals surface area (Å²) in [4.78, 5) is 13.4. The molecule has 20 heavy (non-hydrogen) atoms. The van der Waals surface area contributed by atoms with Crippen molar-refractivity contribution in [2.75, 3.05) is 33.9 Å². The molecule has 1 atom stereocenters. The van der Waals surface area contributed by atoms with Crippen molar-refractivity contribution in [2.45, 2.75) is 13.0 Å². The summed E-state index contributed by atoms with van der Waals surface area (Å²) in [6.45, 7) is 3.04. The second kappa shape index (κ2) is 7.91. The molecule has 1 aromatic carbocycles. The SMILES string of the molecule is COCCNCC(=O)N(C)C(C)c1ccc(F)c(F)c1. The molecule has 0 saturated carbocycles. The van der Waals surface area contributed by atoms with Crippen molar-refractivity contribution in [3.63, 3.8) is 0 Å². The van der Waals surface area contributed by atoms with Gasteiger partial charge in [-0.1, -0.05) is 6.07 Å². The first-order valence-electron chi connectivity index (χ1n) is 6.37. The number of ether oxygens (including phenoxy) is 1. The quantitative estimate of drug-likeness (QED) is 0.776. The molecule has 0 bridgehead atoms. The van der Waals surface area contributed by atoms with Gasteiger partial charge in [-0.25, -0.2) is 8.78 Å². The molecule has 0 aliphatic rings. The molecule has 0 saturated heterocycles. The van der Waals surface area contributed by atoms with Crippen LogP contribution < -0.4 is 5.32 Å². The van der Waals surface area contributed by atoms with Crippen molar-refractivity contribution in [3.8, 4) is 0 Å². The molecule has 0 heterocycles. The Morgan fingerprint density at radius 2 is 2.10 bits per heavy atom. The van der Waals surface area contributed by atoms with Crippen LogP contribution in [-0.4, -0.2) is 44.7 Å². The van der Waals surface area contributed by atoms with Crippen LogP contribution in [0.25, 0.3) is 0 Å². The fourth-order valence-electron chi connectivity index (χ4n) is 1.71. The molecule has 0 aliphatic carbocycles. The Morgan fingerprint density at radius 3 is 2.70 bits per heavy atom. The number of carbonyl (C=O) groups is 1. The largest absolute Gasteiger partial charge is 0.383 e. The topological polar surface area (TPSA) is 41.6 Å². The maximum absolute atomic E-state index is 13.2. The Kier molecular flexibility index (Phi) is 6.54. The predicted octanol–water partition coefficient (Wildman–Crippen LogP) is 1.72. The lowest BCUT2D eigenvalue weighted by Gasteiger charge is -2.25. The van der Waals surface area contributed by atoms with Crippen molar-refractivity contribution >= 4 is 5.91 Å². The van der Waals surface area contributed by atoms with Crippen LogP contribution in [0.15, 0.2) is 18.2 Å². The number of benzene rings is 1. The highest BCUT2D eigenvalue weighted by Crippen LogP contribution is 2.20. The van der Waals surface area contributed by atoms with E-state index in [1.54, 1.807) is 21.1 Å². The molecule has 6 heteroatoms. The van der Waals surface area contributed by atoms with Gasteiger partial charge in [0.1, 0.15) is 0 Å². The molecule has 4 nitrogen and oxygen atoms in total. The average molecular weight is 286 g/mol. The minimum absolute atomic E-state index is 0.127.